The highest BCUT2D eigenvalue weighted by Gasteiger charge is 2.11. The fourth-order valence-electron chi connectivity index (χ4n) is 1.29. The molecule has 4 heteroatoms. The van der Waals surface area contributed by atoms with Crippen molar-refractivity contribution in [3.8, 4) is 11.5 Å². The number of aromatic hydroxyl groups is 2. The van der Waals surface area contributed by atoms with E-state index in [1.807, 2.05) is 11.4 Å². The Labute approximate surface area is 84.0 Å². The smallest absolute Gasteiger partial charge is 0.162 e. The maximum absolute atomic E-state index is 9.48. The predicted molar refractivity (Wildman–Crippen MR) is 54.7 cm³/mol. The summed E-state index contributed by atoms with van der Waals surface area (Å²) >= 11 is 7.18. The zero-order valence-corrected chi connectivity index (χ0v) is 8.19. The molecule has 2 rings (SSSR count). The van der Waals surface area contributed by atoms with Gasteiger partial charge in [0.1, 0.15) is 0 Å². The van der Waals surface area contributed by atoms with Gasteiger partial charge in [0.05, 0.1) is 5.88 Å². The number of phenols is 2. The molecule has 0 aliphatic heterocycles. The Morgan fingerprint density at radius 2 is 2.15 bits per heavy atom. The van der Waals surface area contributed by atoms with Crippen LogP contribution in [0.2, 0.25) is 0 Å². The first kappa shape index (κ1) is 8.66. The van der Waals surface area contributed by atoms with Crippen LogP contribution in [0.3, 0.4) is 0 Å². The molecule has 0 spiro atoms. The molecule has 0 saturated heterocycles. The van der Waals surface area contributed by atoms with E-state index < -0.39 is 0 Å². The van der Waals surface area contributed by atoms with Crippen LogP contribution in [0.15, 0.2) is 17.5 Å². The SMILES string of the molecule is Oc1cc2sccc2c(CCl)c1O. The van der Waals surface area contributed by atoms with E-state index in [9.17, 15) is 10.2 Å². The summed E-state index contributed by atoms with van der Waals surface area (Å²) in [6.07, 6.45) is 0. The average molecular weight is 215 g/mol. The molecule has 0 unspecified atom stereocenters. The molecule has 0 aliphatic rings. The summed E-state index contributed by atoms with van der Waals surface area (Å²) in [6.45, 7) is 0. The molecular weight excluding hydrogens is 208 g/mol. The Kier molecular flexibility index (Phi) is 2.06. The molecular formula is C9H7ClO2S. The van der Waals surface area contributed by atoms with E-state index in [0.29, 0.717) is 5.56 Å². The third-order valence-electron chi connectivity index (χ3n) is 1.95. The lowest BCUT2D eigenvalue weighted by Gasteiger charge is -2.04. The molecule has 0 aliphatic carbocycles. The lowest BCUT2D eigenvalue weighted by Crippen LogP contribution is -1.81. The molecule has 1 aromatic heterocycles. The van der Waals surface area contributed by atoms with Crippen LogP contribution >= 0.6 is 22.9 Å². The fourth-order valence-corrected chi connectivity index (χ4v) is 2.41. The maximum atomic E-state index is 9.48. The summed E-state index contributed by atoms with van der Waals surface area (Å²) < 4.78 is 0.936. The Hall–Kier alpha value is -0.930. The van der Waals surface area contributed by atoms with Crippen molar-refractivity contribution in [1.82, 2.24) is 0 Å². The molecule has 0 amide bonds. The molecule has 2 N–H and O–H groups in total. The van der Waals surface area contributed by atoms with Crippen molar-refractivity contribution >= 4 is 33.0 Å². The van der Waals surface area contributed by atoms with Crippen LogP contribution in [-0.4, -0.2) is 10.2 Å². The van der Waals surface area contributed by atoms with E-state index in [0.717, 1.165) is 10.1 Å². The minimum atomic E-state index is -0.110. The Bertz CT molecular complexity index is 450. The second-order valence-electron chi connectivity index (χ2n) is 2.69. The van der Waals surface area contributed by atoms with Gasteiger partial charge >= 0.3 is 0 Å². The number of hydrogen-bond acceptors (Lipinski definition) is 3. The molecule has 2 aromatic rings. The summed E-state index contributed by atoms with van der Waals surface area (Å²) in [5, 5.41) is 21.6. The number of benzene rings is 1. The van der Waals surface area contributed by atoms with E-state index in [4.69, 9.17) is 11.6 Å². The topological polar surface area (TPSA) is 40.5 Å². The van der Waals surface area contributed by atoms with Gasteiger partial charge in [0.15, 0.2) is 11.5 Å². The number of fused-ring (bicyclic) bond motifs is 1. The largest absolute Gasteiger partial charge is 0.504 e. The summed E-state index contributed by atoms with van der Waals surface area (Å²) in [6, 6.07) is 3.43. The zero-order chi connectivity index (χ0) is 9.42. The molecule has 2 nitrogen and oxygen atoms in total. The highest BCUT2D eigenvalue weighted by atomic mass is 35.5. The second kappa shape index (κ2) is 3.09. The lowest BCUT2D eigenvalue weighted by atomic mass is 10.1. The van der Waals surface area contributed by atoms with Gasteiger partial charge in [-0.3, -0.25) is 0 Å². The molecule has 1 heterocycles. The van der Waals surface area contributed by atoms with E-state index in [1.165, 1.54) is 11.3 Å². The highest BCUT2D eigenvalue weighted by Crippen LogP contribution is 2.38. The summed E-state index contributed by atoms with van der Waals surface area (Å²) in [5.41, 5.74) is 0.595. The molecule has 0 atom stereocenters. The van der Waals surface area contributed by atoms with Crippen molar-refractivity contribution in [2.45, 2.75) is 5.88 Å². The van der Waals surface area contributed by atoms with Crippen molar-refractivity contribution in [1.29, 1.82) is 0 Å². The maximum Gasteiger partial charge on any atom is 0.162 e. The monoisotopic (exact) mass is 214 g/mol. The van der Waals surface area contributed by atoms with Crippen LogP contribution in [0.5, 0.6) is 11.5 Å². The fraction of sp³-hybridized carbons (Fsp3) is 0.111. The summed E-state index contributed by atoms with van der Waals surface area (Å²) in [5.74, 6) is -0.0144. The van der Waals surface area contributed by atoms with Gasteiger partial charge in [0, 0.05) is 21.7 Å². The van der Waals surface area contributed by atoms with E-state index in [2.05, 4.69) is 0 Å². The number of halogens is 1. The van der Waals surface area contributed by atoms with Crippen LogP contribution in [-0.2, 0) is 5.88 Å². The molecule has 0 saturated carbocycles. The van der Waals surface area contributed by atoms with Crippen molar-refractivity contribution in [3.05, 3.63) is 23.1 Å². The van der Waals surface area contributed by atoms with Gasteiger partial charge in [-0.25, -0.2) is 0 Å². The van der Waals surface area contributed by atoms with Crippen LogP contribution in [0.4, 0.5) is 0 Å². The number of hydrogen-bond donors (Lipinski definition) is 2. The molecule has 0 radical (unpaired) electrons. The third kappa shape index (κ3) is 1.24. The van der Waals surface area contributed by atoms with Gasteiger partial charge in [0.25, 0.3) is 0 Å². The summed E-state index contributed by atoms with van der Waals surface area (Å²) in [7, 11) is 0. The van der Waals surface area contributed by atoms with Gasteiger partial charge in [-0.2, -0.15) is 0 Å². The van der Waals surface area contributed by atoms with E-state index >= 15 is 0 Å². The van der Waals surface area contributed by atoms with Crippen LogP contribution in [0.1, 0.15) is 5.56 Å². The van der Waals surface area contributed by atoms with E-state index in [1.54, 1.807) is 6.07 Å². The van der Waals surface area contributed by atoms with Crippen molar-refractivity contribution < 1.29 is 10.2 Å². The molecule has 68 valence electrons. The van der Waals surface area contributed by atoms with Crippen LogP contribution in [0.25, 0.3) is 10.1 Å². The minimum Gasteiger partial charge on any atom is -0.504 e. The number of rotatable bonds is 1. The van der Waals surface area contributed by atoms with Gasteiger partial charge in [-0.05, 0) is 11.4 Å². The minimum absolute atomic E-state index is 0.106. The van der Waals surface area contributed by atoms with Crippen LogP contribution in [0, 0.1) is 0 Å². The Morgan fingerprint density at radius 1 is 1.38 bits per heavy atom. The lowest BCUT2D eigenvalue weighted by molar-refractivity contribution is 0.402. The molecule has 0 fully saturated rings. The first-order valence-electron chi connectivity index (χ1n) is 3.71. The van der Waals surface area contributed by atoms with Crippen molar-refractivity contribution in [3.63, 3.8) is 0 Å². The first-order chi connectivity index (χ1) is 6.24. The van der Waals surface area contributed by atoms with Gasteiger partial charge in [-0.15, -0.1) is 22.9 Å². The third-order valence-corrected chi connectivity index (χ3v) is 3.08. The predicted octanol–water partition coefficient (Wildman–Crippen LogP) is 3.05. The zero-order valence-electron chi connectivity index (χ0n) is 6.62. The molecule has 1 aromatic carbocycles. The number of alkyl halides is 1. The average Bonchev–Trinajstić information content (AvgIpc) is 2.54. The molecule has 13 heavy (non-hydrogen) atoms. The first-order valence-corrected chi connectivity index (χ1v) is 5.12. The number of thiophene rings is 1. The van der Waals surface area contributed by atoms with Crippen LogP contribution < -0.4 is 0 Å². The Morgan fingerprint density at radius 3 is 2.85 bits per heavy atom. The molecule has 0 bridgehead atoms. The number of phenolic OH excluding ortho intramolecular Hbond substituents is 2. The summed E-state index contributed by atoms with van der Waals surface area (Å²) in [4.78, 5) is 0. The van der Waals surface area contributed by atoms with Crippen molar-refractivity contribution in [2.75, 3.05) is 0 Å². The van der Waals surface area contributed by atoms with Gasteiger partial charge < -0.3 is 10.2 Å². The van der Waals surface area contributed by atoms with Crippen molar-refractivity contribution in [2.24, 2.45) is 0 Å². The standard InChI is InChI=1S/C9H7ClO2S/c10-4-6-5-1-2-13-8(5)3-7(11)9(6)12/h1-3,11-12H,4H2. The quantitative estimate of drug-likeness (QED) is 0.566. The Balaban J connectivity index is 2.87. The normalized spacial score (nSPS) is 10.8. The highest BCUT2D eigenvalue weighted by molar-refractivity contribution is 7.17. The van der Waals surface area contributed by atoms with Gasteiger partial charge in [-0.1, -0.05) is 0 Å². The van der Waals surface area contributed by atoms with E-state index in [-0.39, 0.29) is 17.4 Å². The second-order valence-corrected chi connectivity index (χ2v) is 3.90. The van der Waals surface area contributed by atoms with Gasteiger partial charge in [0.2, 0.25) is 0 Å².